The molecule has 0 radical (unpaired) electrons. The highest BCUT2D eigenvalue weighted by Crippen LogP contribution is 2.36. The Labute approximate surface area is 170 Å². The van der Waals surface area contributed by atoms with E-state index in [1.54, 1.807) is 24.3 Å². The van der Waals surface area contributed by atoms with Crippen molar-refractivity contribution in [3.63, 3.8) is 0 Å². The van der Waals surface area contributed by atoms with Crippen molar-refractivity contribution in [1.29, 1.82) is 0 Å². The number of benzene rings is 3. The third-order valence-electron chi connectivity index (χ3n) is 4.53. The van der Waals surface area contributed by atoms with E-state index < -0.39 is 18.4 Å². The smallest absolute Gasteiger partial charge is 0.338 e. The molecule has 3 aromatic rings. The number of carbonyl (C=O) groups is 3. The molecule has 4 rings (SSSR count). The molecule has 0 aromatic heterocycles. The van der Waals surface area contributed by atoms with E-state index in [9.17, 15) is 14.4 Å². The van der Waals surface area contributed by atoms with Crippen LogP contribution < -0.4 is 0 Å². The van der Waals surface area contributed by atoms with Gasteiger partial charge >= 0.3 is 5.97 Å². The van der Waals surface area contributed by atoms with Gasteiger partial charge in [-0.15, -0.1) is 0 Å². The molecule has 0 aliphatic heterocycles. The molecule has 0 bridgehead atoms. The Hall–Kier alpha value is -2.95. The summed E-state index contributed by atoms with van der Waals surface area (Å²) in [6.45, 7) is -0.452. The molecule has 0 atom stereocenters. The Morgan fingerprint density at radius 3 is 2.29 bits per heavy atom. The number of hydrogen-bond acceptors (Lipinski definition) is 4. The van der Waals surface area contributed by atoms with E-state index >= 15 is 0 Å². The Bertz CT molecular complexity index is 1150. The summed E-state index contributed by atoms with van der Waals surface area (Å²) in [5.41, 5.74) is 3.10. The zero-order chi connectivity index (χ0) is 19.8. The predicted octanol–water partition coefficient (Wildman–Crippen LogP) is 5.24. The third-order valence-corrected chi connectivity index (χ3v) is 5.08. The topological polar surface area (TPSA) is 60.4 Å². The Balaban J connectivity index is 1.53. The van der Waals surface area contributed by atoms with Gasteiger partial charge in [-0.05, 0) is 47.5 Å². The predicted molar refractivity (Wildman–Crippen MR) is 106 cm³/mol. The maximum Gasteiger partial charge on any atom is 0.338 e. The first-order valence-corrected chi connectivity index (χ1v) is 9.15. The molecule has 138 valence electrons. The van der Waals surface area contributed by atoms with Crippen molar-refractivity contribution in [2.75, 3.05) is 6.61 Å². The minimum absolute atomic E-state index is 0.0712. The molecule has 0 saturated carbocycles. The highest BCUT2D eigenvalue weighted by atomic mass is 35.5. The second-order valence-corrected chi connectivity index (χ2v) is 7.10. The second-order valence-electron chi connectivity index (χ2n) is 6.26. The highest BCUT2D eigenvalue weighted by molar-refractivity contribution is 6.36. The summed E-state index contributed by atoms with van der Waals surface area (Å²) in [4.78, 5) is 37.1. The quantitative estimate of drug-likeness (QED) is 0.340. The van der Waals surface area contributed by atoms with Crippen LogP contribution in [0, 0.1) is 0 Å². The lowest BCUT2D eigenvalue weighted by molar-refractivity contribution is 0.0474. The van der Waals surface area contributed by atoms with Crippen molar-refractivity contribution >= 4 is 40.7 Å². The van der Waals surface area contributed by atoms with Crippen LogP contribution >= 0.6 is 23.2 Å². The van der Waals surface area contributed by atoms with Gasteiger partial charge in [0, 0.05) is 21.7 Å². The summed E-state index contributed by atoms with van der Waals surface area (Å²) < 4.78 is 5.14. The number of hydrogen-bond donors (Lipinski definition) is 0. The van der Waals surface area contributed by atoms with Crippen LogP contribution in [0.3, 0.4) is 0 Å². The Kier molecular flexibility index (Phi) is 4.75. The Morgan fingerprint density at radius 1 is 0.821 bits per heavy atom. The van der Waals surface area contributed by atoms with Crippen molar-refractivity contribution in [3.05, 3.63) is 93.0 Å². The summed E-state index contributed by atoms with van der Waals surface area (Å²) in [6, 6.07) is 16.4. The van der Waals surface area contributed by atoms with Gasteiger partial charge in [-0.25, -0.2) is 4.79 Å². The van der Waals surface area contributed by atoms with E-state index in [-0.39, 0.29) is 21.9 Å². The van der Waals surface area contributed by atoms with Gasteiger partial charge in [0.05, 0.1) is 10.6 Å². The first-order chi connectivity index (χ1) is 13.5. The zero-order valence-electron chi connectivity index (χ0n) is 14.4. The molecule has 0 saturated heterocycles. The van der Waals surface area contributed by atoms with E-state index in [0.29, 0.717) is 21.7 Å². The molecule has 6 heteroatoms. The van der Waals surface area contributed by atoms with Gasteiger partial charge in [0.2, 0.25) is 5.78 Å². The van der Waals surface area contributed by atoms with Crippen LogP contribution in [0.5, 0.6) is 0 Å². The highest BCUT2D eigenvalue weighted by Gasteiger charge is 2.27. The fourth-order valence-electron chi connectivity index (χ4n) is 3.16. The number of rotatable bonds is 4. The van der Waals surface area contributed by atoms with Crippen LogP contribution in [0.25, 0.3) is 11.1 Å². The lowest BCUT2D eigenvalue weighted by Crippen LogP contribution is -2.14. The van der Waals surface area contributed by atoms with Crippen molar-refractivity contribution in [3.8, 4) is 11.1 Å². The summed E-state index contributed by atoms with van der Waals surface area (Å²) in [5.74, 6) is -1.16. The first-order valence-electron chi connectivity index (χ1n) is 8.39. The first kappa shape index (κ1) is 18.4. The zero-order valence-corrected chi connectivity index (χ0v) is 15.9. The molecular formula is C22H12Cl2O4. The molecule has 0 fully saturated rings. The maximum absolute atomic E-state index is 12.4. The lowest BCUT2D eigenvalue weighted by Gasteiger charge is -2.07. The normalized spacial score (nSPS) is 11.7. The molecule has 0 N–H and O–H groups in total. The molecule has 0 unspecified atom stereocenters. The number of ketones is 2. The molecular weight excluding hydrogens is 399 g/mol. The molecule has 4 nitrogen and oxygen atoms in total. The van der Waals surface area contributed by atoms with Crippen LogP contribution in [0.4, 0.5) is 0 Å². The third kappa shape index (κ3) is 3.21. The van der Waals surface area contributed by atoms with Crippen LogP contribution in [0.1, 0.15) is 36.6 Å². The van der Waals surface area contributed by atoms with E-state index in [4.69, 9.17) is 27.9 Å². The summed E-state index contributed by atoms with van der Waals surface area (Å²) >= 11 is 11.8. The van der Waals surface area contributed by atoms with E-state index in [2.05, 4.69) is 0 Å². The van der Waals surface area contributed by atoms with Gasteiger partial charge in [0.15, 0.2) is 12.4 Å². The average molecular weight is 411 g/mol. The van der Waals surface area contributed by atoms with Gasteiger partial charge in [-0.2, -0.15) is 0 Å². The van der Waals surface area contributed by atoms with Gasteiger partial charge < -0.3 is 4.74 Å². The largest absolute Gasteiger partial charge is 0.454 e. The van der Waals surface area contributed by atoms with Crippen LogP contribution in [0.2, 0.25) is 10.0 Å². The maximum atomic E-state index is 12.4. The average Bonchev–Trinajstić information content (AvgIpc) is 2.98. The summed E-state index contributed by atoms with van der Waals surface area (Å²) in [6.07, 6.45) is 0. The molecule has 1 aliphatic carbocycles. The minimum atomic E-state index is -0.655. The molecule has 0 amide bonds. The van der Waals surface area contributed by atoms with Crippen molar-refractivity contribution in [1.82, 2.24) is 0 Å². The summed E-state index contributed by atoms with van der Waals surface area (Å²) in [7, 11) is 0. The standard InChI is InChI=1S/C22H12Cl2O4/c23-13-6-8-17(19(24)10-13)20(25)11-28-22(27)12-5-7-16-18(9-12)14-3-1-2-4-15(14)21(16)26/h1-10H,11H2. The van der Waals surface area contributed by atoms with Gasteiger partial charge in [0.1, 0.15) is 0 Å². The molecule has 3 aromatic carbocycles. The number of esters is 1. The number of ether oxygens (including phenoxy) is 1. The molecule has 28 heavy (non-hydrogen) atoms. The SMILES string of the molecule is O=C(OCC(=O)c1ccc(Cl)cc1Cl)c1ccc2c(c1)-c1ccccc1C2=O. The van der Waals surface area contributed by atoms with Crippen molar-refractivity contribution in [2.24, 2.45) is 0 Å². The number of halogens is 2. The number of carbonyl (C=O) groups excluding carboxylic acids is 3. The van der Waals surface area contributed by atoms with E-state index in [0.717, 1.165) is 5.56 Å². The van der Waals surface area contributed by atoms with E-state index in [1.165, 1.54) is 24.3 Å². The van der Waals surface area contributed by atoms with Crippen LogP contribution in [-0.4, -0.2) is 24.1 Å². The fourth-order valence-corrected chi connectivity index (χ4v) is 3.67. The van der Waals surface area contributed by atoms with Crippen molar-refractivity contribution < 1.29 is 19.1 Å². The van der Waals surface area contributed by atoms with Crippen LogP contribution in [0.15, 0.2) is 60.7 Å². The molecule has 0 heterocycles. The minimum Gasteiger partial charge on any atom is -0.454 e. The molecule has 0 spiro atoms. The Morgan fingerprint density at radius 2 is 1.54 bits per heavy atom. The second kappa shape index (κ2) is 7.23. The van der Waals surface area contributed by atoms with E-state index in [1.807, 2.05) is 12.1 Å². The van der Waals surface area contributed by atoms with Gasteiger partial charge in [-0.3, -0.25) is 9.59 Å². The van der Waals surface area contributed by atoms with Gasteiger partial charge in [-0.1, -0.05) is 47.5 Å². The lowest BCUT2D eigenvalue weighted by atomic mass is 10.0. The summed E-state index contributed by atoms with van der Waals surface area (Å²) in [5, 5.41) is 0.604. The van der Waals surface area contributed by atoms with Gasteiger partial charge in [0.25, 0.3) is 0 Å². The van der Waals surface area contributed by atoms with Crippen LogP contribution in [-0.2, 0) is 4.74 Å². The fraction of sp³-hybridized carbons (Fsp3) is 0.0455. The van der Waals surface area contributed by atoms with Crippen molar-refractivity contribution in [2.45, 2.75) is 0 Å². The number of Topliss-reactive ketones (excluding diaryl/α,β-unsaturated/α-hetero) is 1. The monoisotopic (exact) mass is 410 g/mol. The molecule has 1 aliphatic rings. The number of fused-ring (bicyclic) bond motifs is 3.